The van der Waals surface area contributed by atoms with Crippen molar-refractivity contribution in [3.63, 3.8) is 0 Å². The van der Waals surface area contributed by atoms with Crippen LogP contribution in [0.1, 0.15) is 6.92 Å². The van der Waals surface area contributed by atoms with Crippen molar-refractivity contribution in [3.8, 4) is 5.88 Å². The molecule has 1 heterocycles. The minimum Gasteiger partial charge on any atom is -0.474 e. The van der Waals surface area contributed by atoms with Crippen molar-refractivity contribution in [2.45, 2.75) is 6.92 Å². The number of amides is 1. The van der Waals surface area contributed by atoms with Crippen LogP contribution >= 0.6 is 15.9 Å². The van der Waals surface area contributed by atoms with Gasteiger partial charge in [-0.05, 0) is 28.9 Å². The van der Waals surface area contributed by atoms with E-state index in [-0.39, 0.29) is 13.2 Å². The highest BCUT2D eigenvalue weighted by atomic mass is 79.9. The number of aromatic nitrogens is 1. The molecule has 0 saturated heterocycles. The molecule has 94 valence electrons. The number of halogens is 1. The van der Waals surface area contributed by atoms with Crippen molar-refractivity contribution < 1.29 is 14.6 Å². The zero-order chi connectivity index (χ0) is 12.8. The van der Waals surface area contributed by atoms with Gasteiger partial charge in [-0.1, -0.05) is 0 Å². The molecule has 0 aromatic carbocycles. The third-order valence-corrected chi connectivity index (χ3v) is 2.53. The molecule has 0 bridgehead atoms. The first kappa shape index (κ1) is 13.6. The number of rotatable bonds is 5. The average molecular weight is 304 g/mol. The fourth-order valence-corrected chi connectivity index (χ4v) is 1.55. The predicted octanol–water partition coefficient (Wildman–Crippen LogP) is 1.80. The normalized spacial score (nSPS) is 10.0. The molecule has 0 unspecified atom stereocenters. The zero-order valence-corrected chi connectivity index (χ0v) is 11.0. The summed E-state index contributed by atoms with van der Waals surface area (Å²) in [5.74, 6) is 0.314. The largest absolute Gasteiger partial charge is 0.474 e. The van der Waals surface area contributed by atoms with E-state index in [2.05, 4.69) is 20.9 Å². The standard InChI is InChI=1S/C10H14BrN3O3/c1-2-14(10(15)16)3-4-17-9-8(12)5-7(11)6-13-9/h5-6H,2-4,12H2,1H3,(H,15,16). The molecule has 0 fully saturated rings. The summed E-state index contributed by atoms with van der Waals surface area (Å²) in [6.45, 7) is 2.68. The summed E-state index contributed by atoms with van der Waals surface area (Å²) < 4.78 is 6.08. The van der Waals surface area contributed by atoms with Crippen LogP contribution < -0.4 is 10.5 Å². The lowest BCUT2D eigenvalue weighted by molar-refractivity contribution is 0.137. The molecular weight excluding hydrogens is 290 g/mol. The first-order valence-corrected chi connectivity index (χ1v) is 5.85. The molecule has 1 aromatic heterocycles. The van der Waals surface area contributed by atoms with Gasteiger partial charge in [0.1, 0.15) is 6.61 Å². The number of carboxylic acid groups (broad SMARTS) is 1. The van der Waals surface area contributed by atoms with Crippen LogP contribution in [-0.2, 0) is 0 Å². The number of hydrogen-bond acceptors (Lipinski definition) is 4. The lowest BCUT2D eigenvalue weighted by Gasteiger charge is -2.17. The second kappa shape index (κ2) is 6.29. The summed E-state index contributed by atoms with van der Waals surface area (Å²) in [6.07, 6.45) is 0.605. The van der Waals surface area contributed by atoms with Crippen LogP contribution in [0.2, 0.25) is 0 Å². The number of nitrogens with two attached hydrogens (primary N) is 1. The van der Waals surface area contributed by atoms with Gasteiger partial charge >= 0.3 is 6.09 Å². The molecule has 3 N–H and O–H groups in total. The van der Waals surface area contributed by atoms with Gasteiger partial charge in [0, 0.05) is 17.2 Å². The van der Waals surface area contributed by atoms with Gasteiger partial charge in [-0.2, -0.15) is 0 Å². The van der Waals surface area contributed by atoms with Crippen LogP contribution in [0.4, 0.5) is 10.5 Å². The molecule has 1 aromatic rings. The van der Waals surface area contributed by atoms with Gasteiger partial charge in [-0.25, -0.2) is 9.78 Å². The van der Waals surface area contributed by atoms with E-state index in [1.807, 2.05) is 0 Å². The van der Waals surface area contributed by atoms with E-state index in [0.717, 1.165) is 4.47 Å². The molecule has 0 spiro atoms. The van der Waals surface area contributed by atoms with E-state index in [1.165, 1.54) is 4.90 Å². The Balaban J connectivity index is 2.48. The van der Waals surface area contributed by atoms with E-state index in [9.17, 15) is 4.79 Å². The number of anilines is 1. The van der Waals surface area contributed by atoms with Crippen LogP contribution in [0.5, 0.6) is 5.88 Å². The fraction of sp³-hybridized carbons (Fsp3) is 0.400. The van der Waals surface area contributed by atoms with E-state index in [0.29, 0.717) is 18.1 Å². The highest BCUT2D eigenvalue weighted by Gasteiger charge is 2.09. The van der Waals surface area contributed by atoms with Gasteiger partial charge in [-0.3, -0.25) is 0 Å². The second-order valence-electron chi connectivity index (χ2n) is 3.26. The second-order valence-corrected chi connectivity index (χ2v) is 4.17. The molecule has 17 heavy (non-hydrogen) atoms. The summed E-state index contributed by atoms with van der Waals surface area (Å²) >= 11 is 3.23. The maximum absolute atomic E-state index is 10.7. The Hall–Kier alpha value is -1.50. The number of nitrogens with zero attached hydrogens (tertiary/aromatic N) is 2. The van der Waals surface area contributed by atoms with Crippen LogP contribution in [0, 0.1) is 0 Å². The number of hydrogen-bond donors (Lipinski definition) is 2. The predicted molar refractivity (Wildman–Crippen MR) is 67.1 cm³/mol. The van der Waals surface area contributed by atoms with E-state index in [1.54, 1.807) is 19.2 Å². The molecule has 1 rings (SSSR count). The Morgan fingerprint density at radius 2 is 2.41 bits per heavy atom. The van der Waals surface area contributed by atoms with Crippen molar-refractivity contribution in [1.82, 2.24) is 9.88 Å². The van der Waals surface area contributed by atoms with Crippen molar-refractivity contribution in [3.05, 3.63) is 16.7 Å². The first-order valence-electron chi connectivity index (χ1n) is 5.06. The lowest BCUT2D eigenvalue weighted by Crippen LogP contribution is -2.33. The fourth-order valence-electron chi connectivity index (χ4n) is 1.20. The maximum Gasteiger partial charge on any atom is 0.407 e. The molecule has 7 heteroatoms. The summed E-state index contributed by atoms with van der Waals surface area (Å²) in [7, 11) is 0. The third kappa shape index (κ3) is 4.10. The Morgan fingerprint density at radius 3 is 2.94 bits per heavy atom. The molecule has 0 aliphatic rings. The Labute approximate surface area is 108 Å². The third-order valence-electron chi connectivity index (χ3n) is 2.10. The summed E-state index contributed by atoms with van der Waals surface area (Å²) in [6, 6.07) is 1.68. The van der Waals surface area contributed by atoms with Gasteiger partial charge in [-0.15, -0.1) is 0 Å². The van der Waals surface area contributed by atoms with E-state index >= 15 is 0 Å². The van der Waals surface area contributed by atoms with Gasteiger partial charge in [0.15, 0.2) is 0 Å². The molecule has 1 amide bonds. The van der Waals surface area contributed by atoms with Crippen molar-refractivity contribution in [1.29, 1.82) is 0 Å². The highest BCUT2D eigenvalue weighted by molar-refractivity contribution is 9.10. The van der Waals surface area contributed by atoms with Crippen LogP contribution in [0.3, 0.4) is 0 Å². The van der Waals surface area contributed by atoms with Crippen molar-refractivity contribution >= 4 is 27.7 Å². The number of carbonyl (C=O) groups is 1. The Morgan fingerprint density at radius 1 is 1.71 bits per heavy atom. The number of nitrogen functional groups attached to an aromatic ring is 1. The van der Waals surface area contributed by atoms with Crippen LogP contribution in [-0.4, -0.2) is 40.8 Å². The minimum absolute atomic E-state index is 0.221. The summed E-state index contributed by atoms with van der Waals surface area (Å²) in [4.78, 5) is 15.9. The smallest absolute Gasteiger partial charge is 0.407 e. The molecule has 0 aliphatic carbocycles. The van der Waals surface area contributed by atoms with Crippen LogP contribution in [0.25, 0.3) is 0 Å². The molecule has 0 radical (unpaired) electrons. The Bertz CT molecular complexity index is 400. The SMILES string of the molecule is CCN(CCOc1ncc(Br)cc1N)C(=O)O. The zero-order valence-electron chi connectivity index (χ0n) is 9.39. The number of likely N-dealkylation sites (N-methyl/N-ethyl adjacent to an activating group) is 1. The number of ether oxygens (including phenoxy) is 1. The summed E-state index contributed by atoms with van der Waals surface area (Å²) in [5.41, 5.74) is 6.10. The van der Waals surface area contributed by atoms with Gasteiger partial charge in [0.25, 0.3) is 0 Å². The minimum atomic E-state index is -0.965. The van der Waals surface area contributed by atoms with Gasteiger partial charge in [0.05, 0.1) is 12.2 Å². The van der Waals surface area contributed by atoms with E-state index < -0.39 is 6.09 Å². The lowest BCUT2D eigenvalue weighted by atomic mass is 10.4. The summed E-state index contributed by atoms with van der Waals surface area (Å²) in [5, 5.41) is 8.79. The topological polar surface area (TPSA) is 88.7 Å². The Kier molecular flexibility index (Phi) is 5.02. The van der Waals surface area contributed by atoms with Gasteiger partial charge < -0.3 is 20.5 Å². The molecule has 6 nitrogen and oxygen atoms in total. The van der Waals surface area contributed by atoms with Crippen LogP contribution in [0.15, 0.2) is 16.7 Å². The number of pyridine rings is 1. The molecular formula is C10H14BrN3O3. The van der Waals surface area contributed by atoms with Gasteiger partial charge in [0.2, 0.25) is 5.88 Å². The highest BCUT2D eigenvalue weighted by Crippen LogP contribution is 2.21. The maximum atomic E-state index is 10.7. The monoisotopic (exact) mass is 303 g/mol. The molecule has 0 atom stereocenters. The molecule has 0 aliphatic heterocycles. The quantitative estimate of drug-likeness (QED) is 0.866. The molecule has 0 saturated carbocycles. The van der Waals surface area contributed by atoms with E-state index in [4.69, 9.17) is 15.6 Å². The average Bonchev–Trinajstić information content (AvgIpc) is 2.26. The van der Waals surface area contributed by atoms with Crippen molar-refractivity contribution in [2.75, 3.05) is 25.4 Å². The van der Waals surface area contributed by atoms with Crippen molar-refractivity contribution in [2.24, 2.45) is 0 Å². The first-order chi connectivity index (χ1) is 8.04.